The highest BCUT2D eigenvalue weighted by Crippen LogP contribution is 2.43. The van der Waals surface area contributed by atoms with Crippen LogP contribution in [-0.2, 0) is 0 Å². The third-order valence-electron chi connectivity index (χ3n) is 6.35. The van der Waals surface area contributed by atoms with E-state index in [4.69, 9.17) is 5.26 Å². The van der Waals surface area contributed by atoms with E-state index in [0.717, 1.165) is 30.1 Å². The van der Waals surface area contributed by atoms with E-state index in [-0.39, 0.29) is 0 Å². The minimum Gasteiger partial charge on any atom is -0.193 e. The minimum atomic E-state index is 0.931. The largest absolute Gasteiger partial charge is 0.193 e. The van der Waals surface area contributed by atoms with Crippen molar-refractivity contribution in [2.45, 2.75) is 90.4 Å². The molecular weight excluding hydrogens is 266 g/mol. The molecule has 0 aromatic heterocycles. The Balaban J connectivity index is 1.61. The Hall–Kier alpha value is -0.770. The highest BCUT2D eigenvalue weighted by molar-refractivity contribution is 5.01. The third-order valence-corrected chi connectivity index (χ3v) is 6.35. The zero-order valence-corrected chi connectivity index (χ0v) is 14.6. The molecule has 2 aliphatic rings. The monoisotopic (exact) mass is 301 g/mol. The van der Waals surface area contributed by atoms with E-state index in [0.29, 0.717) is 0 Å². The third kappa shape index (κ3) is 5.79. The normalized spacial score (nSPS) is 32.9. The lowest BCUT2D eigenvalue weighted by Gasteiger charge is -2.38. The maximum absolute atomic E-state index is 8.51. The molecule has 2 fully saturated rings. The van der Waals surface area contributed by atoms with Gasteiger partial charge in [-0.15, -0.1) is 0 Å². The molecule has 1 nitrogen and oxygen atoms in total. The molecule has 0 atom stereocenters. The van der Waals surface area contributed by atoms with E-state index in [1.54, 1.807) is 6.08 Å². The summed E-state index contributed by atoms with van der Waals surface area (Å²) in [6, 6.07) is 2.09. The molecule has 1 heteroatoms. The van der Waals surface area contributed by atoms with Gasteiger partial charge in [0.05, 0.1) is 6.07 Å². The van der Waals surface area contributed by atoms with Crippen LogP contribution in [0.1, 0.15) is 90.4 Å². The summed E-state index contributed by atoms with van der Waals surface area (Å²) < 4.78 is 0. The Bertz CT molecular complexity index is 349. The van der Waals surface area contributed by atoms with Crippen molar-refractivity contribution in [1.82, 2.24) is 0 Å². The quantitative estimate of drug-likeness (QED) is 0.483. The topological polar surface area (TPSA) is 23.8 Å². The second kappa shape index (κ2) is 10.1. The number of allylic oxidation sites excluding steroid dienone is 2. The van der Waals surface area contributed by atoms with Crippen molar-refractivity contribution in [3.8, 4) is 6.07 Å². The van der Waals surface area contributed by atoms with E-state index >= 15 is 0 Å². The molecule has 0 aliphatic heterocycles. The van der Waals surface area contributed by atoms with Gasteiger partial charge in [0.15, 0.2) is 0 Å². The Morgan fingerprint density at radius 2 is 1.41 bits per heavy atom. The van der Waals surface area contributed by atoms with Gasteiger partial charge in [0.25, 0.3) is 0 Å². The smallest absolute Gasteiger partial charge is 0.0908 e. The van der Waals surface area contributed by atoms with Gasteiger partial charge >= 0.3 is 0 Å². The molecular formula is C21H35N. The van der Waals surface area contributed by atoms with E-state index in [2.05, 4.69) is 13.0 Å². The van der Waals surface area contributed by atoms with Gasteiger partial charge in [-0.25, -0.2) is 0 Å². The molecule has 22 heavy (non-hydrogen) atoms. The lowest BCUT2D eigenvalue weighted by atomic mass is 9.68. The van der Waals surface area contributed by atoms with Crippen LogP contribution >= 0.6 is 0 Å². The van der Waals surface area contributed by atoms with E-state index in [9.17, 15) is 0 Å². The fraction of sp³-hybridized carbons (Fsp3) is 0.857. The van der Waals surface area contributed by atoms with Gasteiger partial charge in [-0.1, -0.05) is 57.9 Å². The first kappa shape index (κ1) is 17.6. The molecule has 0 bridgehead atoms. The molecule has 2 rings (SSSR count). The Morgan fingerprint density at radius 1 is 0.864 bits per heavy atom. The number of hydrogen-bond acceptors (Lipinski definition) is 1. The summed E-state index contributed by atoms with van der Waals surface area (Å²) in [5, 5.41) is 8.51. The van der Waals surface area contributed by atoms with Crippen LogP contribution in [0.25, 0.3) is 0 Å². The van der Waals surface area contributed by atoms with Crippen LogP contribution in [0.3, 0.4) is 0 Å². The number of hydrogen-bond donors (Lipinski definition) is 0. The summed E-state index contributed by atoms with van der Waals surface area (Å²) >= 11 is 0. The van der Waals surface area contributed by atoms with Gasteiger partial charge in [-0.2, -0.15) is 5.26 Å². The van der Waals surface area contributed by atoms with Crippen molar-refractivity contribution in [1.29, 1.82) is 5.26 Å². The predicted octanol–water partition coefficient (Wildman–Crippen LogP) is 6.65. The van der Waals surface area contributed by atoms with Gasteiger partial charge in [-0.05, 0) is 62.2 Å². The Labute approximate surface area is 138 Å². The predicted molar refractivity (Wildman–Crippen MR) is 94.4 cm³/mol. The van der Waals surface area contributed by atoms with Crippen LogP contribution in [-0.4, -0.2) is 0 Å². The zero-order chi connectivity index (χ0) is 15.6. The molecule has 0 saturated heterocycles. The molecule has 0 heterocycles. The van der Waals surface area contributed by atoms with E-state index in [1.165, 1.54) is 77.0 Å². The molecule has 0 aromatic rings. The van der Waals surface area contributed by atoms with Crippen molar-refractivity contribution in [3.05, 3.63) is 12.2 Å². The summed E-state index contributed by atoms with van der Waals surface area (Å²) in [6.45, 7) is 2.32. The maximum atomic E-state index is 8.51. The van der Waals surface area contributed by atoms with Gasteiger partial charge < -0.3 is 0 Å². The van der Waals surface area contributed by atoms with Gasteiger partial charge in [0.1, 0.15) is 0 Å². The molecule has 2 saturated carbocycles. The van der Waals surface area contributed by atoms with Crippen molar-refractivity contribution in [3.63, 3.8) is 0 Å². The molecule has 124 valence electrons. The number of rotatable bonds is 7. The minimum absolute atomic E-state index is 0.931. The van der Waals surface area contributed by atoms with E-state index < -0.39 is 0 Å². The van der Waals surface area contributed by atoms with Gasteiger partial charge in [0, 0.05) is 6.08 Å². The van der Waals surface area contributed by atoms with Crippen LogP contribution < -0.4 is 0 Å². The first-order chi connectivity index (χ1) is 10.8. The summed E-state index contributed by atoms with van der Waals surface area (Å²) in [5.74, 6) is 4.08. The summed E-state index contributed by atoms with van der Waals surface area (Å²) in [5.41, 5.74) is 0. The maximum Gasteiger partial charge on any atom is 0.0908 e. The highest BCUT2D eigenvalue weighted by Gasteiger charge is 2.30. The van der Waals surface area contributed by atoms with Crippen molar-refractivity contribution in [2.75, 3.05) is 0 Å². The van der Waals surface area contributed by atoms with Crippen molar-refractivity contribution < 1.29 is 0 Å². The zero-order valence-electron chi connectivity index (χ0n) is 14.6. The summed E-state index contributed by atoms with van der Waals surface area (Å²) in [7, 11) is 0. The Morgan fingerprint density at radius 3 is 1.91 bits per heavy atom. The number of nitrogens with zero attached hydrogens (tertiary/aromatic N) is 1. The first-order valence-corrected chi connectivity index (χ1v) is 9.88. The summed E-state index contributed by atoms with van der Waals surface area (Å²) in [6.07, 6.45) is 22.3. The SMILES string of the molecule is CCCC[C@H]1CC[C@H](C2CCC(CC/C=C/C#N)CC2)CC1. The molecule has 0 unspecified atom stereocenters. The van der Waals surface area contributed by atoms with E-state index in [1.807, 2.05) is 6.08 Å². The fourth-order valence-corrected chi connectivity index (χ4v) is 4.86. The number of nitriles is 1. The lowest BCUT2D eigenvalue weighted by molar-refractivity contribution is 0.141. The average Bonchev–Trinajstić information content (AvgIpc) is 2.58. The van der Waals surface area contributed by atoms with Gasteiger partial charge in [-0.3, -0.25) is 0 Å². The van der Waals surface area contributed by atoms with Crippen LogP contribution in [0.4, 0.5) is 0 Å². The van der Waals surface area contributed by atoms with Crippen LogP contribution in [0.5, 0.6) is 0 Å². The average molecular weight is 302 g/mol. The standard InChI is InChI=1S/C21H35N/c1-2-3-7-18-9-13-20(14-10-18)21-15-11-19(12-16-21)8-5-4-6-17-22/h4,6,18-21H,2-3,5,7-16H2,1H3/b6-4+/t18-,19?,20-,21?. The second-order valence-electron chi connectivity index (χ2n) is 7.81. The molecule has 0 amide bonds. The highest BCUT2D eigenvalue weighted by atomic mass is 14.4. The molecule has 0 aromatic carbocycles. The van der Waals surface area contributed by atoms with Crippen molar-refractivity contribution >= 4 is 0 Å². The second-order valence-corrected chi connectivity index (χ2v) is 7.81. The summed E-state index contributed by atoms with van der Waals surface area (Å²) in [4.78, 5) is 0. The molecule has 0 N–H and O–H groups in total. The lowest BCUT2D eigenvalue weighted by Crippen LogP contribution is -2.25. The van der Waals surface area contributed by atoms with Gasteiger partial charge in [0.2, 0.25) is 0 Å². The molecule has 2 aliphatic carbocycles. The fourth-order valence-electron chi connectivity index (χ4n) is 4.86. The van der Waals surface area contributed by atoms with Crippen LogP contribution in [0.2, 0.25) is 0 Å². The van der Waals surface area contributed by atoms with Crippen LogP contribution in [0.15, 0.2) is 12.2 Å². The Kier molecular flexibility index (Phi) is 8.06. The number of unbranched alkanes of at least 4 members (excludes halogenated alkanes) is 1. The van der Waals surface area contributed by atoms with Crippen LogP contribution in [0, 0.1) is 35.0 Å². The van der Waals surface area contributed by atoms with Crippen molar-refractivity contribution in [2.24, 2.45) is 23.7 Å². The first-order valence-electron chi connectivity index (χ1n) is 9.88. The molecule has 0 spiro atoms. The molecule has 0 radical (unpaired) electrons.